The van der Waals surface area contributed by atoms with Gasteiger partial charge in [-0.15, -0.1) is 0 Å². The Kier molecular flexibility index (Phi) is 22.5. The molecule has 2 nitrogen and oxygen atoms in total. The first-order valence-corrected chi connectivity index (χ1v) is 7.04. The van der Waals surface area contributed by atoms with E-state index in [1.54, 1.807) is 12.2 Å². The van der Waals surface area contributed by atoms with Crippen LogP contribution in [0.25, 0.3) is 0 Å². The first-order valence-electron chi connectivity index (χ1n) is 7.04. The highest BCUT2D eigenvalue weighted by Crippen LogP contribution is 1.99. The Morgan fingerprint density at radius 2 is 1.06 bits per heavy atom. The second-order valence-electron chi connectivity index (χ2n) is 4.12. The first kappa shape index (κ1) is 19.2. The molecular weight excluding hydrogens is 224 g/mol. The monoisotopic (exact) mass is 252 g/mol. The van der Waals surface area contributed by atoms with E-state index in [0.717, 1.165) is 25.4 Å². The standard InChI is InChI=1S/2C8H14O/c2*1-2-3-4-5-6-7-8-9/h2*6-8H,2-5H2,1H3. The lowest BCUT2D eigenvalue weighted by atomic mass is 10.2. The van der Waals surface area contributed by atoms with E-state index < -0.39 is 0 Å². The lowest BCUT2D eigenvalue weighted by molar-refractivity contribution is -0.104. The molecule has 0 aromatic rings. The van der Waals surface area contributed by atoms with Gasteiger partial charge in [0.1, 0.15) is 12.6 Å². The predicted octanol–water partition coefficient (Wildman–Crippen LogP) is 4.64. The molecule has 2 heteroatoms. The summed E-state index contributed by atoms with van der Waals surface area (Å²) in [5.41, 5.74) is 0. The van der Waals surface area contributed by atoms with Crippen LogP contribution < -0.4 is 0 Å². The third-order valence-electron chi connectivity index (χ3n) is 2.38. The highest BCUT2D eigenvalue weighted by molar-refractivity contribution is 5.64. The molecule has 0 radical (unpaired) electrons. The summed E-state index contributed by atoms with van der Waals surface area (Å²) in [5, 5.41) is 0. The van der Waals surface area contributed by atoms with Gasteiger partial charge in [0.25, 0.3) is 0 Å². The van der Waals surface area contributed by atoms with E-state index >= 15 is 0 Å². The van der Waals surface area contributed by atoms with Gasteiger partial charge in [-0.3, -0.25) is 9.59 Å². The zero-order valence-corrected chi connectivity index (χ0v) is 11.9. The molecule has 0 spiro atoms. The molecule has 0 aromatic carbocycles. The Morgan fingerprint density at radius 3 is 1.33 bits per heavy atom. The Morgan fingerprint density at radius 1 is 0.667 bits per heavy atom. The highest BCUT2D eigenvalue weighted by Gasteiger charge is 1.80. The summed E-state index contributed by atoms with van der Waals surface area (Å²) in [6.45, 7) is 4.34. The average Bonchev–Trinajstić information content (AvgIpc) is 2.39. The summed E-state index contributed by atoms with van der Waals surface area (Å²) >= 11 is 0. The highest BCUT2D eigenvalue weighted by atomic mass is 16.1. The molecule has 0 N–H and O–H groups in total. The fourth-order valence-corrected chi connectivity index (χ4v) is 1.33. The van der Waals surface area contributed by atoms with Gasteiger partial charge in [0, 0.05) is 0 Å². The van der Waals surface area contributed by atoms with Crippen LogP contribution >= 0.6 is 0 Å². The second kappa shape index (κ2) is 21.1. The third-order valence-corrected chi connectivity index (χ3v) is 2.38. The number of rotatable bonds is 10. The summed E-state index contributed by atoms with van der Waals surface area (Å²) < 4.78 is 0. The van der Waals surface area contributed by atoms with Gasteiger partial charge >= 0.3 is 0 Å². The Labute approximate surface area is 112 Å². The zero-order chi connectivity index (χ0) is 13.9. The molecule has 0 heterocycles. The molecule has 0 aliphatic rings. The number of unbranched alkanes of at least 4 members (excludes halogenated alkanes) is 6. The number of aldehydes is 2. The minimum absolute atomic E-state index is 0.825. The van der Waals surface area contributed by atoms with E-state index in [0.29, 0.717) is 0 Å². The van der Waals surface area contributed by atoms with Gasteiger partial charge in [-0.25, -0.2) is 0 Å². The van der Waals surface area contributed by atoms with Crippen LogP contribution in [0.3, 0.4) is 0 Å². The quantitative estimate of drug-likeness (QED) is 0.322. The molecule has 0 amide bonds. The van der Waals surface area contributed by atoms with Crippen molar-refractivity contribution in [2.45, 2.75) is 65.2 Å². The zero-order valence-electron chi connectivity index (χ0n) is 11.9. The van der Waals surface area contributed by atoms with Crippen LogP contribution in [0.15, 0.2) is 24.3 Å². The van der Waals surface area contributed by atoms with Crippen molar-refractivity contribution in [3.63, 3.8) is 0 Å². The second-order valence-corrected chi connectivity index (χ2v) is 4.12. The summed E-state index contributed by atoms with van der Waals surface area (Å²) in [6, 6.07) is 0. The van der Waals surface area contributed by atoms with Crippen LogP contribution in [-0.2, 0) is 9.59 Å². The molecule has 0 saturated carbocycles. The number of hydrogen-bond donors (Lipinski definition) is 0. The lowest BCUT2D eigenvalue weighted by Gasteiger charge is -1.88. The number of carbonyl (C=O) groups excluding carboxylic acids is 2. The predicted molar refractivity (Wildman–Crippen MR) is 78.7 cm³/mol. The number of hydrogen-bond acceptors (Lipinski definition) is 2. The van der Waals surface area contributed by atoms with Crippen LogP contribution in [-0.4, -0.2) is 12.6 Å². The van der Waals surface area contributed by atoms with Crippen molar-refractivity contribution in [1.29, 1.82) is 0 Å². The van der Waals surface area contributed by atoms with E-state index in [1.807, 2.05) is 12.2 Å². The Balaban J connectivity index is 0. The van der Waals surface area contributed by atoms with Crippen molar-refractivity contribution in [2.24, 2.45) is 0 Å². The van der Waals surface area contributed by atoms with Crippen molar-refractivity contribution < 1.29 is 9.59 Å². The summed E-state index contributed by atoms with van der Waals surface area (Å²) in [4.78, 5) is 19.5. The first-order chi connectivity index (χ1) is 8.83. The minimum atomic E-state index is 0.825. The van der Waals surface area contributed by atoms with E-state index in [4.69, 9.17) is 0 Å². The minimum Gasteiger partial charge on any atom is -0.299 e. The van der Waals surface area contributed by atoms with Gasteiger partial charge in [-0.1, -0.05) is 51.7 Å². The average molecular weight is 252 g/mol. The lowest BCUT2D eigenvalue weighted by Crippen LogP contribution is -1.70. The van der Waals surface area contributed by atoms with Gasteiger partial charge in [-0.05, 0) is 37.8 Å². The molecule has 0 aromatic heterocycles. The van der Waals surface area contributed by atoms with E-state index in [2.05, 4.69) is 13.8 Å². The van der Waals surface area contributed by atoms with Gasteiger partial charge in [-0.2, -0.15) is 0 Å². The molecule has 0 atom stereocenters. The fraction of sp³-hybridized carbons (Fsp3) is 0.625. The van der Waals surface area contributed by atoms with Gasteiger partial charge in [0.2, 0.25) is 0 Å². The summed E-state index contributed by atoms with van der Waals surface area (Å²) in [5.74, 6) is 0. The summed E-state index contributed by atoms with van der Waals surface area (Å²) in [6.07, 6.45) is 18.2. The van der Waals surface area contributed by atoms with Crippen LogP contribution in [0.1, 0.15) is 65.2 Å². The molecule has 0 saturated heterocycles. The third kappa shape index (κ3) is 24.2. The van der Waals surface area contributed by atoms with Gasteiger partial charge in [0.15, 0.2) is 0 Å². The maximum absolute atomic E-state index is 9.75. The molecule has 0 aliphatic carbocycles. The van der Waals surface area contributed by atoms with Crippen LogP contribution in [0.2, 0.25) is 0 Å². The summed E-state index contributed by atoms with van der Waals surface area (Å²) in [7, 11) is 0. The van der Waals surface area contributed by atoms with Crippen molar-refractivity contribution in [1.82, 2.24) is 0 Å². The Bertz CT molecular complexity index is 193. The van der Waals surface area contributed by atoms with Crippen LogP contribution in [0.5, 0.6) is 0 Å². The number of carbonyl (C=O) groups is 2. The van der Waals surface area contributed by atoms with Gasteiger partial charge in [0.05, 0.1) is 0 Å². The van der Waals surface area contributed by atoms with Crippen molar-refractivity contribution in [2.75, 3.05) is 0 Å². The largest absolute Gasteiger partial charge is 0.299 e. The van der Waals surface area contributed by atoms with Crippen molar-refractivity contribution in [3.8, 4) is 0 Å². The SMILES string of the molecule is CCCCCC=CC=O.CCCCCC=CC=O. The molecule has 18 heavy (non-hydrogen) atoms. The van der Waals surface area contributed by atoms with Crippen molar-refractivity contribution in [3.05, 3.63) is 24.3 Å². The van der Waals surface area contributed by atoms with E-state index in [1.165, 1.54) is 38.5 Å². The van der Waals surface area contributed by atoms with Crippen molar-refractivity contribution >= 4 is 12.6 Å². The smallest absolute Gasteiger partial charge is 0.142 e. The van der Waals surface area contributed by atoms with Crippen LogP contribution in [0, 0.1) is 0 Å². The fourth-order valence-electron chi connectivity index (χ4n) is 1.33. The maximum Gasteiger partial charge on any atom is 0.142 e. The molecule has 0 unspecified atom stereocenters. The molecule has 104 valence electrons. The molecule has 0 fully saturated rings. The molecular formula is C16H28O2. The van der Waals surface area contributed by atoms with E-state index in [9.17, 15) is 9.59 Å². The molecule has 0 rings (SSSR count). The van der Waals surface area contributed by atoms with Gasteiger partial charge < -0.3 is 0 Å². The molecule has 0 aliphatic heterocycles. The van der Waals surface area contributed by atoms with Crippen LogP contribution in [0.4, 0.5) is 0 Å². The Hall–Kier alpha value is -1.18. The number of allylic oxidation sites excluding steroid dienone is 4. The normalized spacial score (nSPS) is 10.3. The molecule has 0 bridgehead atoms. The maximum atomic E-state index is 9.75. The van der Waals surface area contributed by atoms with E-state index in [-0.39, 0.29) is 0 Å². The topological polar surface area (TPSA) is 34.1 Å².